The number of hydrogen-bond donors (Lipinski definition) is 1. The van der Waals surface area contributed by atoms with Gasteiger partial charge < -0.3 is 19.2 Å². The minimum absolute atomic E-state index is 0.197. The van der Waals surface area contributed by atoms with E-state index in [0.29, 0.717) is 30.6 Å². The molecule has 43 heavy (non-hydrogen) atoms. The summed E-state index contributed by atoms with van der Waals surface area (Å²) in [6.45, 7) is 5.11. The number of nitrogens with zero attached hydrogens (tertiary/aromatic N) is 2. The smallest absolute Gasteiger partial charge is 0.277 e. The highest BCUT2D eigenvalue weighted by Crippen LogP contribution is 2.30. The molecule has 1 atom stereocenters. The fourth-order valence-electron chi connectivity index (χ4n) is 5.58. The second kappa shape index (κ2) is 12.8. The molecule has 226 valence electrons. The van der Waals surface area contributed by atoms with Crippen LogP contribution in [0.3, 0.4) is 0 Å². The molecule has 0 bridgehead atoms. The zero-order valence-electron chi connectivity index (χ0n) is 23.7. The molecule has 6 rings (SSSR count). The van der Waals surface area contributed by atoms with E-state index >= 15 is 0 Å². The van der Waals surface area contributed by atoms with Gasteiger partial charge in [0.2, 0.25) is 11.0 Å². The minimum Gasteiger partial charge on any atom is -0.489 e. The standard InChI is InChI=1S/C32H34FN3O6S/c33-27-9-10-30-26(18-27)19-31(42-30)43(38,39)36-11-3-8-29(36)32(37)34-20-23-4-2-7-28(17-23)41-22-25-6-1-5-24(16-25)21-35-12-14-40-15-13-35/h1-2,4-7,9-10,16-19,29H,3,8,11-15,20-22H2,(H,34,37). The van der Waals surface area contributed by atoms with Crippen LogP contribution in [0.4, 0.5) is 4.39 Å². The van der Waals surface area contributed by atoms with E-state index in [2.05, 4.69) is 22.3 Å². The van der Waals surface area contributed by atoms with E-state index in [0.717, 1.165) is 44.0 Å². The summed E-state index contributed by atoms with van der Waals surface area (Å²) in [5, 5.41) is 2.93. The number of fused-ring (bicyclic) bond motifs is 1. The molecular formula is C32H34FN3O6S. The molecule has 2 saturated heterocycles. The Morgan fingerprint density at radius 3 is 2.60 bits per heavy atom. The van der Waals surface area contributed by atoms with Gasteiger partial charge in [-0.15, -0.1) is 0 Å². The molecule has 1 unspecified atom stereocenters. The van der Waals surface area contributed by atoms with Crippen molar-refractivity contribution in [3.05, 3.63) is 95.3 Å². The first kappa shape index (κ1) is 29.3. The van der Waals surface area contributed by atoms with E-state index in [-0.39, 0.29) is 29.7 Å². The normalized spacial score (nSPS) is 18.2. The van der Waals surface area contributed by atoms with Gasteiger partial charge in [0.25, 0.3) is 10.0 Å². The Labute approximate surface area is 250 Å². The van der Waals surface area contributed by atoms with Gasteiger partial charge in [-0.25, -0.2) is 12.8 Å². The third-order valence-corrected chi connectivity index (χ3v) is 9.56. The van der Waals surface area contributed by atoms with Crippen LogP contribution in [-0.2, 0) is 39.3 Å². The minimum atomic E-state index is -4.09. The lowest BCUT2D eigenvalue weighted by Gasteiger charge is -2.26. The lowest BCUT2D eigenvalue weighted by Crippen LogP contribution is -2.45. The van der Waals surface area contributed by atoms with Crippen molar-refractivity contribution in [2.24, 2.45) is 0 Å². The number of morpholine rings is 1. The molecule has 0 spiro atoms. The second-order valence-corrected chi connectivity index (χ2v) is 12.7. The summed E-state index contributed by atoms with van der Waals surface area (Å²) < 4.78 is 58.5. The van der Waals surface area contributed by atoms with Crippen molar-refractivity contribution in [1.29, 1.82) is 0 Å². The Balaban J connectivity index is 1.05. The quantitative estimate of drug-likeness (QED) is 0.284. The number of nitrogens with one attached hydrogen (secondary N) is 1. The van der Waals surface area contributed by atoms with Crippen molar-refractivity contribution in [1.82, 2.24) is 14.5 Å². The van der Waals surface area contributed by atoms with Gasteiger partial charge in [0.05, 0.1) is 13.2 Å². The first-order valence-electron chi connectivity index (χ1n) is 14.4. The van der Waals surface area contributed by atoms with Gasteiger partial charge in [0.15, 0.2) is 0 Å². The molecule has 1 aromatic heterocycles. The van der Waals surface area contributed by atoms with E-state index in [1.807, 2.05) is 36.4 Å². The van der Waals surface area contributed by atoms with Gasteiger partial charge in [-0.05, 0) is 59.9 Å². The van der Waals surface area contributed by atoms with Crippen LogP contribution in [0, 0.1) is 5.82 Å². The van der Waals surface area contributed by atoms with Gasteiger partial charge in [-0.2, -0.15) is 4.31 Å². The third kappa shape index (κ3) is 6.91. The fourth-order valence-corrected chi connectivity index (χ4v) is 7.18. The van der Waals surface area contributed by atoms with Crippen LogP contribution in [0.25, 0.3) is 11.0 Å². The van der Waals surface area contributed by atoms with E-state index in [4.69, 9.17) is 13.9 Å². The summed E-state index contributed by atoms with van der Waals surface area (Å²) >= 11 is 0. The van der Waals surface area contributed by atoms with Gasteiger partial charge in [0, 0.05) is 44.2 Å². The van der Waals surface area contributed by atoms with E-state index in [1.165, 1.54) is 34.1 Å². The van der Waals surface area contributed by atoms with Crippen LogP contribution < -0.4 is 10.1 Å². The van der Waals surface area contributed by atoms with Crippen molar-refractivity contribution >= 4 is 26.9 Å². The monoisotopic (exact) mass is 607 g/mol. The molecule has 2 aliphatic rings. The van der Waals surface area contributed by atoms with E-state index in [9.17, 15) is 17.6 Å². The predicted molar refractivity (Wildman–Crippen MR) is 158 cm³/mol. The first-order chi connectivity index (χ1) is 20.8. The van der Waals surface area contributed by atoms with Crippen LogP contribution in [0.15, 0.2) is 82.3 Å². The molecule has 1 N–H and O–H groups in total. The van der Waals surface area contributed by atoms with Crippen molar-refractivity contribution in [2.75, 3.05) is 32.8 Å². The Bertz CT molecular complexity index is 1700. The summed E-state index contributed by atoms with van der Waals surface area (Å²) in [7, 11) is -4.09. The number of sulfonamides is 1. The highest BCUT2D eigenvalue weighted by atomic mass is 32.2. The molecule has 0 aliphatic carbocycles. The topological polar surface area (TPSA) is 101 Å². The lowest BCUT2D eigenvalue weighted by molar-refractivity contribution is -0.124. The Kier molecular flexibility index (Phi) is 8.75. The number of ether oxygens (including phenoxy) is 2. The molecule has 3 aromatic carbocycles. The maximum atomic E-state index is 13.6. The SMILES string of the molecule is O=C(NCc1cccc(OCc2cccc(CN3CCOCC3)c2)c1)C1CCCN1S(=O)(=O)c1cc2cc(F)ccc2o1. The number of rotatable bonds is 10. The number of carbonyl (C=O) groups excluding carboxylic acids is 1. The maximum Gasteiger partial charge on any atom is 0.277 e. The number of hydrogen-bond acceptors (Lipinski definition) is 7. The molecule has 1 amide bonds. The summed E-state index contributed by atoms with van der Waals surface area (Å²) in [5.74, 6) is -0.192. The highest BCUT2D eigenvalue weighted by molar-refractivity contribution is 7.89. The van der Waals surface area contributed by atoms with Crippen LogP contribution in [-0.4, -0.2) is 62.4 Å². The molecule has 0 saturated carbocycles. The van der Waals surface area contributed by atoms with E-state index in [1.54, 1.807) is 0 Å². The van der Waals surface area contributed by atoms with Crippen LogP contribution in [0.5, 0.6) is 5.75 Å². The fraction of sp³-hybridized carbons (Fsp3) is 0.344. The van der Waals surface area contributed by atoms with Crippen molar-refractivity contribution in [2.45, 2.75) is 43.7 Å². The molecule has 0 radical (unpaired) electrons. The number of halogens is 1. The third-order valence-electron chi connectivity index (χ3n) is 7.80. The van der Waals surface area contributed by atoms with Crippen molar-refractivity contribution in [3.63, 3.8) is 0 Å². The van der Waals surface area contributed by atoms with Crippen molar-refractivity contribution in [3.8, 4) is 5.75 Å². The maximum absolute atomic E-state index is 13.6. The van der Waals surface area contributed by atoms with Crippen molar-refractivity contribution < 1.29 is 31.5 Å². The highest BCUT2D eigenvalue weighted by Gasteiger charge is 2.41. The van der Waals surface area contributed by atoms with Gasteiger partial charge in [-0.1, -0.05) is 36.4 Å². The predicted octanol–water partition coefficient (Wildman–Crippen LogP) is 4.45. The molecule has 2 fully saturated rings. The number of furan rings is 1. The lowest BCUT2D eigenvalue weighted by atomic mass is 10.1. The largest absolute Gasteiger partial charge is 0.489 e. The Morgan fingerprint density at radius 1 is 0.953 bits per heavy atom. The molecular weight excluding hydrogens is 573 g/mol. The molecule has 9 nitrogen and oxygen atoms in total. The van der Waals surface area contributed by atoms with Gasteiger partial charge in [-0.3, -0.25) is 9.69 Å². The zero-order valence-corrected chi connectivity index (χ0v) is 24.5. The number of benzene rings is 3. The Hall–Kier alpha value is -3.77. The number of amides is 1. The zero-order chi connectivity index (χ0) is 29.8. The molecule has 11 heteroatoms. The van der Waals surface area contributed by atoms with Crippen LogP contribution >= 0.6 is 0 Å². The second-order valence-electron chi connectivity index (χ2n) is 10.9. The van der Waals surface area contributed by atoms with Gasteiger partial charge in [0.1, 0.15) is 29.8 Å². The average molecular weight is 608 g/mol. The van der Waals surface area contributed by atoms with Crippen LogP contribution in [0.1, 0.15) is 29.5 Å². The summed E-state index contributed by atoms with van der Waals surface area (Å²) in [6.07, 6.45) is 0.941. The summed E-state index contributed by atoms with van der Waals surface area (Å²) in [5.41, 5.74) is 3.40. The van der Waals surface area contributed by atoms with E-state index < -0.39 is 21.9 Å². The van der Waals surface area contributed by atoms with Crippen LogP contribution in [0.2, 0.25) is 0 Å². The van der Waals surface area contributed by atoms with Gasteiger partial charge >= 0.3 is 0 Å². The summed E-state index contributed by atoms with van der Waals surface area (Å²) in [4.78, 5) is 15.5. The number of carbonyl (C=O) groups is 1. The summed E-state index contributed by atoms with van der Waals surface area (Å²) in [6, 6.07) is 20.1. The molecule has 2 aliphatic heterocycles. The Morgan fingerprint density at radius 2 is 1.74 bits per heavy atom. The average Bonchev–Trinajstić information content (AvgIpc) is 3.68. The first-order valence-corrected chi connectivity index (χ1v) is 15.9. The molecule has 4 aromatic rings. The molecule has 3 heterocycles.